The second kappa shape index (κ2) is 6.51. The maximum Gasteiger partial charge on any atom is 0.216 e. The average Bonchev–Trinajstić information content (AvgIpc) is 2.58. The number of rotatable bonds is 6. The first kappa shape index (κ1) is 14.7. The van der Waals surface area contributed by atoms with E-state index in [2.05, 4.69) is 21.2 Å². The van der Waals surface area contributed by atoms with Crippen LogP contribution in [0.15, 0.2) is 15.9 Å². The Kier molecular flexibility index (Phi) is 5.61. The van der Waals surface area contributed by atoms with Gasteiger partial charge in [-0.3, -0.25) is 4.79 Å². The Labute approximate surface area is 113 Å². The van der Waals surface area contributed by atoms with Crippen LogP contribution in [0, 0.1) is 0 Å². The van der Waals surface area contributed by atoms with Gasteiger partial charge in [0.15, 0.2) is 9.84 Å². The van der Waals surface area contributed by atoms with Crippen LogP contribution in [-0.4, -0.2) is 26.6 Å². The zero-order valence-corrected chi connectivity index (χ0v) is 12.6. The van der Waals surface area contributed by atoms with Gasteiger partial charge in [-0.1, -0.05) is 0 Å². The Morgan fingerprint density at radius 3 is 2.76 bits per heavy atom. The van der Waals surface area contributed by atoms with Gasteiger partial charge in [0.1, 0.15) is 0 Å². The lowest BCUT2D eigenvalue weighted by Crippen LogP contribution is -2.23. The van der Waals surface area contributed by atoms with Crippen molar-refractivity contribution in [2.75, 3.05) is 12.3 Å². The molecular weight excluding hydrogens is 326 g/mol. The molecule has 0 aromatic carbocycles. The highest BCUT2D eigenvalue weighted by atomic mass is 79.9. The van der Waals surface area contributed by atoms with Crippen molar-refractivity contribution in [2.45, 2.75) is 19.1 Å². The second-order valence-electron chi connectivity index (χ2n) is 3.62. The molecule has 0 fully saturated rings. The van der Waals surface area contributed by atoms with Crippen LogP contribution in [0.4, 0.5) is 0 Å². The highest BCUT2D eigenvalue weighted by Gasteiger charge is 2.14. The third-order valence-corrected chi connectivity index (χ3v) is 5.80. The lowest BCUT2D eigenvalue weighted by molar-refractivity contribution is -0.118. The lowest BCUT2D eigenvalue weighted by atomic mass is 10.5. The highest BCUT2D eigenvalue weighted by Crippen LogP contribution is 2.24. The zero-order chi connectivity index (χ0) is 12.9. The number of carbonyl (C=O) groups excluding carboxylic acids is 1. The van der Waals surface area contributed by atoms with E-state index in [0.29, 0.717) is 13.0 Å². The molecule has 0 bridgehead atoms. The maximum atomic E-state index is 11.8. The normalized spacial score (nSPS) is 11.4. The Morgan fingerprint density at radius 2 is 2.24 bits per heavy atom. The molecule has 0 saturated heterocycles. The monoisotopic (exact) mass is 339 g/mol. The Balaban J connectivity index is 2.42. The molecule has 4 nitrogen and oxygen atoms in total. The van der Waals surface area contributed by atoms with Crippen LogP contribution in [0.1, 0.15) is 18.2 Å². The summed E-state index contributed by atoms with van der Waals surface area (Å²) in [6.45, 7) is 1.82. The van der Waals surface area contributed by atoms with Crippen LogP contribution in [0.3, 0.4) is 0 Å². The number of hydrogen-bond donors (Lipinski definition) is 1. The molecule has 1 aromatic heterocycles. The number of nitrogens with one attached hydrogen (secondary N) is 1. The van der Waals surface area contributed by atoms with E-state index >= 15 is 0 Å². The number of carbonyl (C=O) groups is 1. The second-order valence-corrected chi connectivity index (χ2v) is 7.66. The predicted molar refractivity (Wildman–Crippen MR) is 72.8 cm³/mol. The van der Waals surface area contributed by atoms with E-state index in [-0.39, 0.29) is 17.4 Å². The van der Waals surface area contributed by atoms with Gasteiger partial charge in [-0.2, -0.15) is 0 Å². The Bertz CT molecular complexity index is 481. The Hall–Kier alpha value is -0.400. The summed E-state index contributed by atoms with van der Waals surface area (Å²) >= 11 is 4.73. The van der Waals surface area contributed by atoms with Crippen LogP contribution in [-0.2, 0) is 20.4 Å². The van der Waals surface area contributed by atoms with Crippen molar-refractivity contribution in [1.29, 1.82) is 0 Å². The van der Waals surface area contributed by atoms with Crippen molar-refractivity contribution in [3.8, 4) is 0 Å². The van der Waals surface area contributed by atoms with E-state index in [0.717, 1.165) is 9.35 Å². The molecule has 1 heterocycles. The van der Waals surface area contributed by atoms with Crippen LogP contribution < -0.4 is 5.32 Å². The van der Waals surface area contributed by atoms with Crippen LogP contribution in [0.2, 0.25) is 0 Å². The molecule has 0 atom stereocenters. The summed E-state index contributed by atoms with van der Waals surface area (Å²) in [6.07, 6.45) is 0.449. The van der Waals surface area contributed by atoms with Crippen molar-refractivity contribution in [3.63, 3.8) is 0 Å². The molecule has 17 heavy (non-hydrogen) atoms. The van der Waals surface area contributed by atoms with Crippen molar-refractivity contribution in [3.05, 3.63) is 20.8 Å². The molecule has 0 aliphatic heterocycles. The molecule has 1 amide bonds. The number of sulfone groups is 1. The van der Waals surface area contributed by atoms with E-state index in [4.69, 9.17) is 0 Å². The molecule has 0 unspecified atom stereocenters. The minimum Gasteiger partial charge on any atom is -0.356 e. The minimum absolute atomic E-state index is 0.0608. The van der Waals surface area contributed by atoms with Crippen molar-refractivity contribution in [1.82, 2.24) is 5.32 Å². The van der Waals surface area contributed by atoms with Gasteiger partial charge in [0.05, 0.1) is 11.5 Å². The predicted octanol–water partition coefficient (Wildman–Crippen LogP) is 1.95. The van der Waals surface area contributed by atoms with E-state index in [9.17, 15) is 13.2 Å². The molecule has 1 aromatic rings. The van der Waals surface area contributed by atoms with Crippen LogP contribution >= 0.6 is 27.3 Å². The summed E-state index contributed by atoms with van der Waals surface area (Å²) in [6, 6.07) is 1.84. The molecule has 0 aliphatic rings. The molecule has 96 valence electrons. The highest BCUT2D eigenvalue weighted by molar-refractivity contribution is 9.10. The molecule has 7 heteroatoms. The Morgan fingerprint density at radius 1 is 1.53 bits per heavy atom. The fourth-order valence-corrected chi connectivity index (χ4v) is 4.81. The number of amides is 1. The average molecular weight is 340 g/mol. The van der Waals surface area contributed by atoms with Gasteiger partial charge in [-0.15, -0.1) is 11.3 Å². The summed E-state index contributed by atoms with van der Waals surface area (Å²) in [7, 11) is -3.10. The fraction of sp³-hybridized carbons (Fsp3) is 0.500. The quantitative estimate of drug-likeness (QED) is 0.805. The first-order valence-corrected chi connectivity index (χ1v) is 8.57. The SMILES string of the molecule is CC(=O)NCCCS(=O)(=O)Cc1sccc1Br. The fourth-order valence-electron chi connectivity index (χ4n) is 1.26. The largest absolute Gasteiger partial charge is 0.356 e. The smallest absolute Gasteiger partial charge is 0.216 e. The van der Waals surface area contributed by atoms with Gasteiger partial charge in [-0.25, -0.2) is 8.42 Å². The van der Waals surface area contributed by atoms with E-state index in [1.54, 1.807) is 0 Å². The van der Waals surface area contributed by atoms with Crippen molar-refractivity contribution in [2.24, 2.45) is 0 Å². The molecule has 0 radical (unpaired) electrons. The molecular formula is C10H14BrNO3S2. The first-order chi connectivity index (χ1) is 7.91. The van der Waals surface area contributed by atoms with Crippen molar-refractivity contribution >= 4 is 43.0 Å². The standard InChI is InChI=1S/C10H14BrNO3S2/c1-8(13)12-4-2-6-17(14,15)7-10-9(11)3-5-16-10/h3,5H,2,4,6-7H2,1H3,(H,12,13). The molecule has 0 saturated carbocycles. The summed E-state index contributed by atoms with van der Waals surface area (Å²) in [5.41, 5.74) is 0. The topological polar surface area (TPSA) is 63.2 Å². The lowest BCUT2D eigenvalue weighted by Gasteiger charge is -2.04. The number of halogens is 1. The summed E-state index contributed by atoms with van der Waals surface area (Å²) in [5.74, 6) is 0.0200. The summed E-state index contributed by atoms with van der Waals surface area (Å²) < 4.78 is 24.4. The third kappa shape index (κ3) is 5.65. The van der Waals surface area contributed by atoms with Gasteiger partial charge >= 0.3 is 0 Å². The van der Waals surface area contributed by atoms with Gasteiger partial charge in [0, 0.05) is 22.8 Å². The van der Waals surface area contributed by atoms with E-state index < -0.39 is 9.84 Å². The number of thiophene rings is 1. The van der Waals surface area contributed by atoms with Gasteiger partial charge < -0.3 is 5.32 Å². The summed E-state index contributed by atoms with van der Waals surface area (Å²) in [4.78, 5) is 11.4. The molecule has 0 spiro atoms. The van der Waals surface area contributed by atoms with E-state index in [1.807, 2.05) is 11.4 Å². The zero-order valence-electron chi connectivity index (χ0n) is 9.40. The maximum absolute atomic E-state index is 11.8. The van der Waals surface area contributed by atoms with Crippen LogP contribution in [0.25, 0.3) is 0 Å². The van der Waals surface area contributed by atoms with Gasteiger partial charge in [0.25, 0.3) is 0 Å². The third-order valence-electron chi connectivity index (χ3n) is 2.05. The van der Waals surface area contributed by atoms with Gasteiger partial charge in [-0.05, 0) is 33.8 Å². The van der Waals surface area contributed by atoms with Crippen molar-refractivity contribution < 1.29 is 13.2 Å². The van der Waals surface area contributed by atoms with Crippen LogP contribution in [0.5, 0.6) is 0 Å². The number of hydrogen-bond acceptors (Lipinski definition) is 4. The first-order valence-electron chi connectivity index (χ1n) is 5.07. The minimum atomic E-state index is -3.10. The molecule has 1 N–H and O–H groups in total. The molecule has 0 aliphatic carbocycles. The van der Waals surface area contributed by atoms with E-state index in [1.165, 1.54) is 18.3 Å². The van der Waals surface area contributed by atoms with Gasteiger partial charge in [0.2, 0.25) is 5.91 Å². The molecule has 1 rings (SSSR count). The summed E-state index contributed by atoms with van der Waals surface area (Å²) in [5, 5.41) is 4.43.